The van der Waals surface area contributed by atoms with Gasteiger partial charge < -0.3 is 9.64 Å². The second-order valence-corrected chi connectivity index (χ2v) is 6.63. The van der Waals surface area contributed by atoms with Crippen LogP contribution in [0.3, 0.4) is 0 Å². The topological polar surface area (TPSA) is 59.7 Å². The molecule has 1 fully saturated rings. The number of halogens is 1. The van der Waals surface area contributed by atoms with E-state index >= 15 is 0 Å². The third kappa shape index (κ3) is 3.49. The van der Waals surface area contributed by atoms with Crippen molar-refractivity contribution in [2.24, 2.45) is 5.92 Å². The Balaban J connectivity index is 1.58. The first-order valence-corrected chi connectivity index (χ1v) is 9.17. The molecule has 0 bridgehead atoms. The number of carbonyl (C=O) groups is 1. The molecule has 1 aliphatic rings. The Morgan fingerprint density at radius 1 is 1.26 bits per heavy atom. The van der Waals surface area contributed by atoms with E-state index in [1.165, 1.54) is 12.1 Å². The van der Waals surface area contributed by atoms with E-state index in [1.54, 1.807) is 29.0 Å². The summed E-state index contributed by atoms with van der Waals surface area (Å²) in [6.07, 6.45) is 5.03. The number of carbonyl (C=O) groups excluding carboxylic acids is 1. The number of anilines is 1. The smallest absolute Gasteiger partial charge is 0.309 e. The predicted molar refractivity (Wildman–Crippen MR) is 100.0 cm³/mol. The molecule has 0 aliphatic carbocycles. The predicted octanol–water partition coefficient (Wildman–Crippen LogP) is 3.31. The van der Waals surface area contributed by atoms with Crippen molar-refractivity contribution in [1.82, 2.24) is 14.6 Å². The molecule has 0 radical (unpaired) electrons. The highest BCUT2D eigenvalue weighted by Crippen LogP contribution is 2.28. The number of benzene rings is 1. The van der Waals surface area contributed by atoms with Crippen LogP contribution in [0, 0.1) is 11.7 Å². The maximum atomic E-state index is 13.2. The van der Waals surface area contributed by atoms with Crippen molar-refractivity contribution in [3.63, 3.8) is 0 Å². The Bertz CT molecular complexity index is 946. The molecule has 1 aliphatic heterocycles. The van der Waals surface area contributed by atoms with Crippen LogP contribution in [0.15, 0.2) is 42.7 Å². The maximum absolute atomic E-state index is 13.2. The van der Waals surface area contributed by atoms with Gasteiger partial charge in [-0.2, -0.15) is 5.10 Å². The minimum absolute atomic E-state index is 0.0411. The lowest BCUT2D eigenvalue weighted by Crippen LogP contribution is -2.37. The second-order valence-electron chi connectivity index (χ2n) is 6.63. The van der Waals surface area contributed by atoms with Gasteiger partial charge in [0, 0.05) is 31.0 Å². The summed E-state index contributed by atoms with van der Waals surface area (Å²) in [5.74, 6) is 0.432. The molecule has 2 aromatic heterocycles. The van der Waals surface area contributed by atoms with Crippen molar-refractivity contribution >= 4 is 17.3 Å². The van der Waals surface area contributed by atoms with Crippen LogP contribution in [0.4, 0.5) is 10.2 Å². The highest BCUT2D eigenvalue weighted by molar-refractivity contribution is 5.76. The Morgan fingerprint density at radius 3 is 2.70 bits per heavy atom. The molecule has 140 valence electrons. The Morgan fingerprint density at radius 2 is 2.00 bits per heavy atom. The maximum Gasteiger partial charge on any atom is 0.309 e. The molecule has 0 atom stereocenters. The van der Waals surface area contributed by atoms with E-state index in [4.69, 9.17) is 4.74 Å². The molecule has 27 heavy (non-hydrogen) atoms. The molecule has 4 rings (SSSR count). The van der Waals surface area contributed by atoms with Crippen LogP contribution in [0.25, 0.3) is 16.8 Å². The van der Waals surface area contributed by atoms with Crippen molar-refractivity contribution < 1.29 is 13.9 Å². The van der Waals surface area contributed by atoms with Crippen LogP contribution in [0.2, 0.25) is 0 Å². The number of aromatic nitrogens is 3. The van der Waals surface area contributed by atoms with Gasteiger partial charge in [-0.1, -0.05) is 0 Å². The lowest BCUT2D eigenvalue weighted by molar-refractivity contribution is -0.148. The lowest BCUT2D eigenvalue weighted by atomic mass is 9.97. The Hall–Kier alpha value is -2.96. The average Bonchev–Trinajstić information content (AvgIpc) is 3.13. The summed E-state index contributed by atoms with van der Waals surface area (Å²) in [4.78, 5) is 18.7. The molecule has 0 saturated carbocycles. The Labute approximate surface area is 156 Å². The van der Waals surface area contributed by atoms with E-state index in [9.17, 15) is 9.18 Å². The zero-order valence-electron chi connectivity index (χ0n) is 15.1. The quantitative estimate of drug-likeness (QED) is 0.661. The first kappa shape index (κ1) is 17.5. The Kier molecular flexibility index (Phi) is 4.75. The third-order valence-electron chi connectivity index (χ3n) is 4.92. The SMILES string of the molecule is CCOC(=O)C1CCN(c2nccn3nc(-c4ccc(F)cc4)cc23)CC1. The van der Waals surface area contributed by atoms with Crippen LogP contribution in [0.5, 0.6) is 0 Å². The molecule has 3 heterocycles. The number of nitrogens with zero attached hydrogens (tertiary/aromatic N) is 4. The number of esters is 1. The standard InChI is InChI=1S/C20H21FN4O2/c1-2-27-20(26)15-7-10-24(11-8-15)19-18-13-17(23-25(18)12-9-22-19)14-3-5-16(21)6-4-14/h3-6,9,12-13,15H,2,7-8,10-11H2,1H3. The van der Waals surface area contributed by atoms with E-state index < -0.39 is 0 Å². The number of hydrogen-bond acceptors (Lipinski definition) is 5. The van der Waals surface area contributed by atoms with Crippen molar-refractivity contribution in [1.29, 1.82) is 0 Å². The molecule has 0 spiro atoms. The molecule has 3 aromatic rings. The monoisotopic (exact) mass is 368 g/mol. The van der Waals surface area contributed by atoms with Crippen LogP contribution in [-0.2, 0) is 9.53 Å². The highest BCUT2D eigenvalue weighted by atomic mass is 19.1. The third-order valence-corrected chi connectivity index (χ3v) is 4.92. The summed E-state index contributed by atoms with van der Waals surface area (Å²) >= 11 is 0. The minimum Gasteiger partial charge on any atom is -0.466 e. The number of fused-ring (bicyclic) bond motifs is 1. The number of hydrogen-bond donors (Lipinski definition) is 0. The largest absolute Gasteiger partial charge is 0.466 e. The fraction of sp³-hybridized carbons (Fsp3) is 0.350. The average molecular weight is 368 g/mol. The molecule has 0 unspecified atom stereocenters. The number of rotatable bonds is 4. The second kappa shape index (κ2) is 7.34. The van der Waals surface area contributed by atoms with Crippen LogP contribution < -0.4 is 4.90 Å². The van der Waals surface area contributed by atoms with Gasteiger partial charge in [-0.25, -0.2) is 13.9 Å². The van der Waals surface area contributed by atoms with E-state index in [0.717, 1.165) is 48.5 Å². The molecule has 7 heteroatoms. The summed E-state index contributed by atoms with van der Waals surface area (Å²) in [5.41, 5.74) is 2.52. The van der Waals surface area contributed by atoms with Crippen LogP contribution in [-0.4, -0.2) is 40.3 Å². The van der Waals surface area contributed by atoms with Gasteiger partial charge in [-0.15, -0.1) is 0 Å². The first-order valence-electron chi connectivity index (χ1n) is 9.17. The van der Waals surface area contributed by atoms with E-state index in [-0.39, 0.29) is 17.7 Å². The number of ether oxygens (including phenoxy) is 1. The van der Waals surface area contributed by atoms with Gasteiger partial charge in [0.1, 0.15) is 11.3 Å². The summed E-state index contributed by atoms with van der Waals surface area (Å²) in [7, 11) is 0. The molecular weight excluding hydrogens is 347 g/mol. The van der Waals surface area contributed by atoms with Gasteiger partial charge in [-0.3, -0.25) is 4.79 Å². The van der Waals surface area contributed by atoms with Crippen LogP contribution >= 0.6 is 0 Å². The fourth-order valence-corrected chi connectivity index (χ4v) is 3.50. The van der Waals surface area contributed by atoms with E-state index in [2.05, 4.69) is 15.0 Å². The van der Waals surface area contributed by atoms with Crippen molar-refractivity contribution in [3.8, 4) is 11.3 Å². The van der Waals surface area contributed by atoms with Crippen molar-refractivity contribution in [2.75, 3.05) is 24.6 Å². The molecule has 1 aromatic carbocycles. The summed E-state index contributed by atoms with van der Waals surface area (Å²) in [6.45, 7) is 3.73. The molecule has 0 amide bonds. The van der Waals surface area contributed by atoms with Gasteiger partial charge >= 0.3 is 5.97 Å². The summed E-state index contributed by atoms with van der Waals surface area (Å²) in [6, 6.07) is 8.26. The zero-order valence-corrected chi connectivity index (χ0v) is 15.1. The fourth-order valence-electron chi connectivity index (χ4n) is 3.50. The normalized spacial score (nSPS) is 15.3. The first-order chi connectivity index (χ1) is 13.2. The van der Waals surface area contributed by atoms with Gasteiger partial charge in [0.05, 0.1) is 18.2 Å². The van der Waals surface area contributed by atoms with Crippen molar-refractivity contribution in [2.45, 2.75) is 19.8 Å². The summed E-state index contributed by atoms with van der Waals surface area (Å²) in [5, 5.41) is 4.59. The van der Waals surface area contributed by atoms with Gasteiger partial charge in [0.15, 0.2) is 5.82 Å². The van der Waals surface area contributed by atoms with Crippen molar-refractivity contribution in [3.05, 3.63) is 48.5 Å². The van der Waals surface area contributed by atoms with E-state index in [1.807, 2.05) is 13.0 Å². The number of piperidine rings is 1. The molecular formula is C20H21FN4O2. The van der Waals surface area contributed by atoms with Crippen LogP contribution in [0.1, 0.15) is 19.8 Å². The molecule has 1 saturated heterocycles. The van der Waals surface area contributed by atoms with Gasteiger partial charge in [0.2, 0.25) is 0 Å². The highest BCUT2D eigenvalue weighted by Gasteiger charge is 2.27. The minimum atomic E-state index is -0.269. The summed E-state index contributed by atoms with van der Waals surface area (Å²) < 4.78 is 20.1. The lowest BCUT2D eigenvalue weighted by Gasteiger charge is -2.31. The van der Waals surface area contributed by atoms with Gasteiger partial charge in [0.25, 0.3) is 0 Å². The zero-order chi connectivity index (χ0) is 18.8. The van der Waals surface area contributed by atoms with E-state index in [0.29, 0.717) is 6.61 Å². The van der Waals surface area contributed by atoms with Gasteiger partial charge in [-0.05, 0) is 50.1 Å². The molecule has 6 nitrogen and oxygen atoms in total. The molecule has 0 N–H and O–H groups in total.